The molecule has 4 fully saturated rings. The Bertz CT molecular complexity index is 1460. The molecule has 47 heavy (non-hydrogen) atoms. The van der Waals surface area contributed by atoms with Gasteiger partial charge in [-0.3, -0.25) is 14.4 Å². The molecule has 2 bridgehead atoms. The first-order valence-electron chi connectivity index (χ1n) is 17.3. The molecule has 0 aromatic heterocycles. The van der Waals surface area contributed by atoms with Crippen molar-refractivity contribution in [2.24, 2.45) is 11.8 Å². The van der Waals surface area contributed by atoms with Gasteiger partial charge >= 0.3 is 0 Å². The number of thioether (sulfide) groups is 1. The number of hydrogen-bond acceptors (Lipinski definition) is 5. The fourth-order valence-corrected chi connectivity index (χ4v) is 11.4. The maximum atomic E-state index is 15.1. The van der Waals surface area contributed by atoms with E-state index in [0.29, 0.717) is 32.5 Å². The molecule has 7 nitrogen and oxygen atoms in total. The van der Waals surface area contributed by atoms with Crippen molar-refractivity contribution in [1.29, 1.82) is 0 Å². The van der Waals surface area contributed by atoms with Crippen molar-refractivity contribution >= 4 is 29.5 Å². The first-order chi connectivity index (χ1) is 22.8. The van der Waals surface area contributed by atoms with Crippen LogP contribution in [-0.2, 0) is 27.3 Å². The highest BCUT2D eigenvalue weighted by atomic mass is 32.2. The topological polar surface area (TPSA) is 81.2 Å². The molecule has 250 valence electrons. The smallest absolute Gasteiger partial charge is 0.247 e. The van der Waals surface area contributed by atoms with Gasteiger partial charge < -0.3 is 19.8 Å². The molecule has 3 heterocycles. The molecular formula is C39H49N3O4S. The Balaban J connectivity index is 1.42. The van der Waals surface area contributed by atoms with Gasteiger partial charge in [-0.2, -0.15) is 0 Å². The van der Waals surface area contributed by atoms with Gasteiger partial charge in [0.15, 0.2) is 0 Å². The first-order valence-corrected chi connectivity index (χ1v) is 18.1. The molecule has 3 aliphatic heterocycles. The number of nitrogens with zero attached hydrogens (tertiary/aromatic N) is 3. The van der Waals surface area contributed by atoms with E-state index >= 15 is 9.59 Å². The number of aliphatic hydroxyl groups excluding tert-OH is 1. The average molecular weight is 656 g/mol. The summed E-state index contributed by atoms with van der Waals surface area (Å²) in [4.78, 5) is 50.4. The van der Waals surface area contributed by atoms with Crippen LogP contribution in [0.1, 0.15) is 63.0 Å². The highest BCUT2D eigenvalue weighted by Gasteiger charge is 2.78. The van der Waals surface area contributed by atoms with Gasteiger partial charge in [-0.15, -0.1) is 24.9 Å². The van der Waals surface area contributed by atoms with E-state index in [1.165, 1.54) is 6.42 Å². The van der Waals surface area contributed by atoms with Crippen molar-refractivity contribution in [2.45, 2.75) is 92.5 Å². The largest absolute Gasteiger partial charge is 0.394 e. The normalized spacial score (nSPS) is 28.9. The average Bonchev–Trinajstić information content (AvgIpc) is 3.67. The third kappa shape index (κ3) is 6.08. The summed E-state index contributed by atoms with van der Waals surface area (Å²) in [6.07, 6.45) is 10.6. The molecule has 1 spiro atoms. The molecule has 1 N–H and O–H groups in total. The fraction of sp³-hybridized carbons (Fsp3) is 0.513. The molecule has 3 amide bonds. The predicted molar refractivity (Wildman–Crippen MR) is 187 cm³/mol. The van der Waals surface area contributed by atoms with E-state index in [0.717, 1.165) is 43.2 Å². The van der Waals surface area contributed by atoms with Gasteiger partial charge in [0, 0.05) is 30.4 Å². The van der Waals surface area contributed by atoms with E-state index in [-0.39, 0.29) is 30.4 Å². The number of aliphatic hydroxyl groups is 1. The number of benzene rings is 2. The van der Waals surface area contributed by atoms with Crippen LogP contribution in [-0.4, -0.2) is 84.8 Å². The zero-order chi connectivity index (χ0) is 33.2. The lowest BCUT2D eigenvalue weighted by Crippen LogP contribution is -2.59. The van der Waals surface area contributed by atoms with Crippen molar-refractivity contribution < 1.29 is 19.5 Å². The molecule has 2 aromatic rings. The van der Waals surface area contributed by atoms with Crippen molar-refractivity contribution in [2.75, 3.05) is 19.7 Å². The lowest BCUT2D eigenvalue weighted by Gasteiger charge is -2.42. The molecule has 6 atom stereocenters. The number of carbonyl (C=O) groups excluding carboxylic acids is 3. The van der Waals surface area contributed by atoms with E-state index in [2.05, 4.69) is 20.1 Å². The van der Waals surface area contributed by atoms with Gasteiger partial charge in [0.1, 0.15) is 6.04 Å². The lowest BCUT2D eigenvalue weighted by molar-refractivity contribution is -0.148. The fourth-order valence-electron chi connectivity index (χ4n) is 9.05. The third-order valence-electron chi connectivity index (χ3n) is 11.1. The summed E-state index contributed by atoms with van der Waals surface area (Å²) in [6, 6.07) is 18.5. The van der Waals surface area contributed by atoms with Crippen LogP contribution in [0.5, 0.6) is 0 Å². The van der Waals surface area contributed by atoms with Crippen molar-refractivity contribution in [3.8, 4) is 0 Å². The number of fused-ring (bicyclic) bond motifs is 1. The van der Waals surface area contributed by atoms with Crippen LogP contribution in [0.25, 0.3) is 0 Å². The summed E-state index contributed by atoms with van der Waals surface area (Å²) in [5.74, 6) is -1.53. The van der Waals surface area contributed by atoms with Gasteiger partial charge in [-0.25, -0.2) is 0 Å². The van der Waals surface area contributed by atoms with E-state index in [1.807, 2.05) is 70.5 Å². The molecule has 0 radical (unpaired) electrons. The second-order valence-corrected chi connectivity index (χ2v) is 16.0. The molecule has 2 unspecified atom stereocenters. The second-order valence-electron chi connectivity index (χ2n) is 14.1. The van der Waals surface area contributed by atoms with E-state index in [4.69, 9.17) is 0 Å². The Hall–Kier alpha value is -3.36. The quantitative estimate of drug-likeness (QED) is 0.283. The second kappa shape index (κ2) is 14.0. The van der Waals surface area contributed by atoms with Crippen molar-refractivity contribution in [3.05, 3.63) is 97.1 Å². The Labute approximate surface area is 284 Å². The molecule has 1 aliphatic carbocycles. The van der Waals surface area contributed by atoms with Gasteiger partial charge in [0.2, 0.25) is 17.7 Å². The summed E-state index contributed by atoms with van der Waals surface area (Å²) in [6.45, 7) is 11.0. The molecule has 3 saturated heterocycles. The Morgan fingerprint density at radius 1 is 0.957 bits per heavy atom. The molecular weight excluding hydrogens is 607 g/mol. The Morgan fingerprint density at radius 3 is 2.21 bits per heavy atom. The molecule has 6 rings (SSSR count). The van der Waals surface area contributed by atoms with Gasteiger partial charge in [-0.05, 0) is 50.2 Å². The minimum Gasteiger partial charge on any atom is -0.394 e. The van der Waals surface area contributed by atoms with E-state index in [1.54, 1.807) is 28.8 Å². The predicted octanol–water partition coefficient (Wildman–Crippen LogP) is 5.63. The SMILES string of the molecule is C=CCN(Cc1ccccc1)C(=O)[C@H]1[C@H]2C(=O)N([C@@H](CO)Cc3ccccc3)C(C(=O)N(CC=C)C3CCCCC3)C23CC[C@]1(C)S3. The maximum absolute atomic E-state index is 15.1. The first kappa shape index (κ1) is 33.5. The number of hydrogen-bond donors (Lipinski definition) is 1. The van der Waals surface area contributed by atoms with Crippen LogP contribution < -0.4 is 0 Å². The lowest BCUT2D eigenvalue weighted by atomic mass is 9.66. The Morgan fingerprint density at radius 2 is 1.60 bits per heavy atom. The van der Waals surface area contributed by atoms with Crippen LogP contribution in [0.2, 0.25) is 0 Å². The summed E-state index contributed by atoms with van der Waals surface area (Å²) >= 11 is 1.70. The van der Waals surface area contributed by atoms with E-state index < -0.39 is 33.4 Å². The number of amides is 3. The number of rotatable bonds is 13. The summed E-state index contributed by atoms with van der Waals surface area (Å²) in [7, 11) is 0. The zero-order valence-corrected chi connectivity index (χ0v) is 28.5. The van der Waals surface area contributed by atoms with Gasteiger partial charge in [-0.1, -0.05) is 92.1 Å². The molecule has 2 aromatic carbocycles. The van der Waals surface area contributed by atoms with Crippen LogP contribution in [0.3, 0.4) is 0 Å². The Kier molecular flexibility index (Phi) is 10.00. The highest BCUT2D eigenvalue weighted by Crippen LogP contribution is 2.72. The molecule has 1 saturated carbocycles. The van der Waals surface area contributed by atoms with Gasteiger partial charge in [0.25, 0.3) is 0 Å². The zero-order valence-electron chi connectivity index (χ0n) is 27.6. The van der Waals surface area contributed by atoms with Crippen LogP contribution in [0, 0.1) is 11.8 Å². The number of likely N-dealkylation sites (tertiary alicyclic amines) is 1. The van der Waals surface area contributed by atoms with Crippen molar-refractivity contribution in [1.82, 2.24) is 14.7 Å². The minimum absolute atomic E-state index is 0.0590. The van der Waals surface area contributed by atoms with E-state index in [9.17, 15) is 9.90 Å². The summed E-state index contributed by atoms with van der Waals surface area (Å²) in [5, 5.41) is 10.9. The molecule has 8 heteroatoms. The minimum atomic E-state index is -0.769. The van der Waals surface area contributed by atoms with Crippen molar-refractivity contribution in [3.63, 3.8) is 0 Å². The third-order valence-corrected chi connectivity index (χ3v) is 13.1. The monoisotopic (exact) mass is 655 g/mol. The number of carbonyl (C=O) groups is 3. The van der Waals surface area contributed by atoms with Crippen LogP contribution in [0.15, 0.2) is 86.0 Å². The standard InChI is InChI=1S/C39H49N3O4S/c1-4-23-40(26-29-17-11-7-12-18-29)35(44)32-33-36(45)42(31(27-43)25-28-15-9-6-10-16-28)34(39(33)22-21-38(32,3)47-39)37(46)41(24-5-2)30-19-13-8-14-20-30/h4-7,9-12,15-18,30-34,43H,1-2,8,13-14,19-27H2,3H3/t31-,32-,33+,34?,38+,39?/m1/s1. The maximum Gasteiger partial charge on any atom is 0.247 e. The molecule has 4 aliphatic rings. The van der Waals surface area contributed by atoms with Crippen LogP contribution >= 0.6 is 11.8 Å². The van der Waals surface area contributed by atoms with Gasteiger partial charge in [0.05, 0.1) is 29.2 Å². The summed E-state index contributed by atoms with van der Waals surface area (Å²) in [5.41, 5.74) is 2.01. The summed E-state index contributed by atoms with van der Waals surface area (Å²) < 4.78 is -1.24. The van der Waals surface area contributed by atoms with Crippen LogP contribution in [0.4, 0.5) is 0 Å². The highest BCUT2D eigenvalue weighted by molar-refractivity contribution is 8.02.